The number of ether oxygens (including phenoxy) is 2. The standard InChI is InChI=1S/C21H10Cl2F13NO3/c22-12-6-4-10(14(23)9-12)5-7-15(38)37-13-3-1-2-11(8-13)16(24,25)18(28,29)39-19(30,31)17(26,27)20(32,33)40-21(34,35)36/h1-9H,(H,37,38). The average Bonchev–Trinajstić information content (AvgIpc) is 2.76. The molecule has 0 spiro atoms. The summed E-state index contributed by atoms with van der Waals surface area (Å²) in [6.45, 7) is 0. The molecular weight excluding hydrogens is 632 g/mol. The number of carbonyl (C=O) groups excluding carboxylic acids is 1. The molecule has 4 nitrogen and oxygen atoms in total. The first kappa shape index (κ1) is 33.4. The molecule has 0 bridgehead atoms. The molecule has 222 valence electrons. The molecule has 0 radical (unpaired) electrons. The van der Waals surface area contributed by atoms with E-state index in [1.54, 1.807) is 0 Å². The SMILES string of the molecule is O=C(C=Cc1ccc(Cl)cc1Cl)Nc1cccc(C(F)(F)C(F)(F)OC(F)(F)C(F)(F)C(F)(F)OC(F)(F)F)c1. The van der Waals surface area contributed by atoms with Crippen LogP contribution >= 0.6 is 23.2 Å². The lowest BCUT2D eigenvalue weighted by Crippen LogP contribution is -2.61. The van der Waals surface area contributed by atoms with Gasteiger partial charge in [0.05, 0.1) is 0 Å². The maximum Gasteiger partial charge on any atom is 0.527 e. The first-order chi connectivity index (χ1) is 17.9. The van der Waals surface area contributed by atoms with Gasteiger partial charge in [-0.2, -0.15) is 43.9 Å². The van der Waals surface area contributed by atoms with E-state index in [9.17, 15) is 61.9 Å². The maximum absolute atomic E-state index is 14.4. The van der Waals surface area contributed by atoms with Gasteiger partial charge in [-0.15, -0.1) is 13.2 Å². The quantitative estimate of drug-likeness (QED) is 0.209. The van der Waals surface area contributed by atoms with Crippen LogP contribution in [0.1, 0.15) is 11.1 Å². The van der Waals surface area contributed by atoms with Crippen molar-refractivity contribution in [3.05, 3.63) is 69.7 Å². The number of carbonyl (C=O) groups is 1. The predicted molar refractivity (Wildman–Crippen MR) is 112 cm³/mol. The van der Waals surface area contributed by atoms with Crippen LogP contribution in [0.25, 0.3) is 6.08 Å². The monoisotopic (exact) mass is 641 g/mol. The second kappa shape index (κ2) is 11.3. The lowest BCUT2D eigenvalue weighted by molar-refractivity contribution is -0.535. The zero-order valence-electron chi connectivity index (χ0n) is 18.6. The van der Waals surface area contributed by atoms with Crippen molar-refractivity contribution in [1.82, 2.24) is 0 Å². The van der Waals surface area contributed by atoms with Crippen molar-refractivity contribution in [2.45, 2.75) is 36.5 Å². The first-order valence-electron chi connectivity index (χ1n) is 9.83. The molecule has 0 saturated carbocycles. The van der Waals surface area contributed by atoms with Crippen LogP contribution in [0.3, 0.4) is 0 Å². The number of alkyl halides is 13. The van der Waals surface area contributed by atoms with Crippen LogP contribution in [0.5, 0.6) is 0 Å². The Kier molecular flexibility index (Phi) is 9.41. The molecule has 0 heterocycles. The Morgan fingerprint density at radius 2 is 1.32 bits per heavy atom. The van der Waals surface area contributed by atoms with E-state index in [0.717, 1.165) is 18.2 Å². The molecule has 2 aromatic carbocycles. The Bertz CT molecular complexity index is 1270. The summed E-state index contributed by atoms with van der Waals surface area (Å²) in [7, 11) is 0. The third kappa shape index (κ3) is 7.50. The van der Waals surface area contributed by atoms with Crippen LogP contribution in [0, 0.1) is 0 Å². The molecule has 1 N–H and O–H groups in total. The number of hydrogen-bond donors (Lipinski definition) is 1. The van der Waals surface area contributed by atoms with Gasteiger partial charge in [-0.3, -0.25) is 4.79 Å². The van der Waals surface area contributed by atoms with Crippen LogP contribution in [-0.2, 0) is 20.2 Å². The summed E-state index contributed by atoms with van der Waals surface area (Å²) in [5.41, 5.74) is -2.41. The lowest BCUT2D eigenvalue weighted by atomic mass is 10.1. The second-order valence-corrected chi connectivity index (χ2v) is 8.26. The summed E-state index contributed by atoms with van der Waals surface area (Å²) in [5, 5.41) is 2.25. The highest BCUT2D eigenvalue weighted by molar-refractivity contribution is 6.35. The van der Waals surface area contributed by atoms with E-state index in [1.165, 1.54) is 22.9 Å². The molecule has 0 unspecified atom stereocenters. The number of amides is 1. The fourth-order valence-electron chi connectivity index (χ4n) is 2.61. The van der Waals surface area contributed by atoms with Gasteiger partial charge in [-0.25, -0.2) is 9.47 Å². The van der Waals surface area contributed by atoms with Crippen molar-refractivity contribution >= 4 is 40.9 Å². The molecular formula is C21H10Cl2F13NO3. The summed E-state index contributed by atoms with van der Waals surface area (Å²) >= 11 is 11.6. The van der Waals surface area contributed by atoms with Crippen LogP contribution in [0.2, 0.25) is 10.0 Å². The Labute approximate surface area is 224 Å². The van der Waals surface area contributed by atoms with Gasteiger partial charge in [0.25, 0.3) is 0 Å². The van der Waals surface area contributed by atoms with E-state index in [4.69, 9.17) is 23.2 Å². The maximum atomic E-state index is 14.4. The van der Waals surface area contributed by atoms with Crippen molar-refractivity contribution in [2.75, 3.05) is 5.32 Å². The number of anilines is 1. The minimum absolute atomic E-state index is 0.0515. The summed E-state index contributed by atoms with van der Waals surface area (Å²) in [4.78, 5) is 12.0. The molecule has 0 aromatic heterocycles. The van der Waals surface area contributed by atoms with Gasteiger partial charge in [-0.1, -0.05) is 41.4 Å². The largest absolute Gasteiger partial charge is 0.527 e. The molecule has 0 aliphatic rings. The number of nitrogens with one attached hydrogen (secondary N) is 1. The zero-order valence-corrected chi connectivity index (χ0v) is 20.1. The highest BCUT2D eigenvalue weighted by atomic mass is 35.5. The number of rotatable bonds is 10. The molecule has 0 fully saturated rings. The molecule has 2 rings (SSSR count). The van der Waals surface area contributed by atoms with Gasteiger partial charge < -0.3 is 5.32 Å². The Morgan fingerprint density at radius 3 is 1.88 bits per heavy atom. The van der Waals surface area contributed by atoms with E-state index < -0.39 is 53.7 Å². The summed E-state index contributed by atoms with van der Waals surface area (Å²) in [6.07, 6.45) is -26.1. The van der Waals surface area contributed by atoms with Gasteiger partial charge in [0.2, 0.25) is 5.91 Å². The van der Waals surface area contributed by atoms with Crippen molar-refractivity contribution in [3.8, 4) is 0 Å². The third-order valence-electron chi connectivity index (χ3n) is 4.47. The second-order valence-electron chi connectivity index (χ2n) is 7.42. The van der Waals surface area contributed by atoms with Crippen LogP contribution < -0.4 is 5.32 Å². The van der Waals surface area contributed by atoms with E-state index in [-0.39, 0.29) is 27.7 Å². The first-order valence-corrected chi connectivity index (χ1v) is 10.6. The fourth-order valence-corrected chi connectivity index (χ4v) is 3.09. The van der Waals surface area contributed by atoms with E-state index in [2.05, 4.69) is 0 Å². The highest BCUT2D eigenvalue weighted by Crippen LogP contribution is 2.54. The van der Waals surface area contributed by atoms with Gasteiger partial charge in [0.1, 0.15) is 0 Å². The van der Waals surface area contributed by atoms with Crippen LogP contribution in [0.4, 0.5) is 62.8 Å². The van der Waals surface area contributed by atoms with Gasteiger partial charge >= 0.3 is 36.5 Å². The molecule has 0 aliphatic heterocycles. The minimum atomic E-state index is -7.54. The lowest BCUT2D eigenvalue weighted by Gasteiger charge is -2.35. The van der Waals surface area contributed by atoms with Crippen LogP contribution in [-0.4, -0.2) is 36.5 Å². The number of halogens is 15. The van der Waals surface area contributed by atoms with Gasteiger partial charge in [-0.05, 0) is 35.9 Å². The van der Waals surface area contributed by atoms with Gasteiger partial charge in [0, 0.05) is 27.4 Å². The van der Waals surface area contributed by atoms with Gasteiger partial charge in [0.15, 0.2) is 0 Å². The molecule has 0 aliphatic carbocycles. The summed E-state index contributed by atoms with van der Waals surface area (Å²) < 4.78 is 176. The number of hydrogen-bond acceptors (Lipinski definition) is 3. The van der Waals surface area contributed by atoms with E-state index in [0.29, 0.717) is 6.07 Å². The zero-order chi connectivity index (χ0) is 30.9. The van der Waals surface area contributed by atoms with Crippen molar-refractivity contribution in [3.63, 3.8) is 0 Å². The smallest absolute Gasteiger partial charge is 0.322 e. The predicted octanol–water partition coefficient (Wildman–Crippen LogP) is 8.70. The highest BCUT2D eigenvalue weighted by Gasteiger charge is 2.80. The minimum Gasteiger partial charge on any atom is -0.322 e. The topological polar surface area (TPSA) is 47.6 Å². The van der Waals surface area contributed by atoms with E-state index in [1.807, 2.05) is 10.1 Å². The number of benzene rings is 2. The fraction of sp³-hybridized carbons (Fsp3) is 0.286. The van der Waals surface area contributed by atoms with Crippen molar-refractivity contribution in [2.24, 2.45) is 0 Å². The molecule has 0 saturated heterocycles. The summed E-state index contributed by atoms with van der Waals surface area (Å²) in [5.74, 6) is -14.6. The Hall–Kier alpha value is -2.76. The normalized spacial score (nSPS) is 14.1. The average molecular weight is 642 g/mol. The Morgan fingerprint density at radius 1 is 0.750 bits per heavy atom. The van der Waals surface area contributed by atoms with Crippen LogP contribution in [0.15, 0.2) is 48.5 Å². The van der Waals surface area contributed by atoms with Crippen molar-refractivity contribution in [1.29, 1.82) is 0 Å². The molecule has 1 amide bonds. The molecule has 40 heavy (non-hydrogen) atoms. The molecule has 2 aromatic rings. The van der Waals surface area contributed by atoms with E-state index >= 15 is 0 Å². The summed E-state index contributed by atoms with van der Waals surface area (Å²) in [6, 6.07) is 5.64. The van der Waals surface area contributed by atoms with Crippen molar-refractivity contribution < 1.29 is 71.3 Å². The third-order valence-corrected chi connectivity index (χ3v) is 5.03. The molecule has 19 heteroatoms. The molecule has 0 atom stereocenters. The Balaban J connectivity index is 2.28.